The van der Waals surface area contributed by atoms with Gasteiger partial charge in [-0.25, -0.2) is 0 Å². The number of para-hydroxylation sites is 1. The Morgan fingerprint density at radius 3 is 2.35 bits per heavy atom. The van der Waals surface area contributed by atoms with E-state index in [0.717, 1.165) is 37.2 Å². The number of benzene rings is 2. The van der Waals surface area contributed by atoms with Crippen molar-refractivity contribution in [2.75, 3.05) is 34.4 Å². The molecule has 0 aromatic heterocycles. The Labute approximate surface area is 157 Å². The van der Waals surface area contributed by atoms with Crippen LogP contribution in [0.25, 0.3) is 0 Å². The lowest BCUT2D eigenvalue weighted by Gasteiger charge is -2.18. The fraction of sp³-hybridized carbons (Fsp3) is 0.455. The number of rotatable bonds is 11. The first-order chi connectivity index (χ1) is 12.6. The predicted octanol–water partition coefficient (Wildman–Crippen LogP) is 3.56. The molecule has 26 heavy (non-hydrogen) atoms. The van der Waals surface area contributed by atoms with Gasteiger partial charge in [-0.1, -0.05) is 30.3 Å². The fourth-order valence-corrected chi connectivity index (χ4v) is 2.95. The fourth-order valence-electron chi connectivity index (χ4n) is 2.95. The van der Waals surface area contributed by atoms with E-state index in [9.17, 15) is 5.11 Å². The summed E-state index contributed by atoms with van der Waals surface area (Å²) < 4.78 is 11.0. The molecule has 1 N–H and O–H groups in total. The molecule has 0 saturated heterocycles. The molecule has 142 valence electrons. The van der Waals surface area contributed by atoms with E-state index in [0.29, 0.717) is 13.2 Å². The summed E-state index contributed by atoms with van der Waals surface area (Å²) in [6.45, 7) is 0.922. The number of unbranched alkanes of at least 4 members (excludes halogenated alkanes) is 1. The standard InChI is InChI=1S/C22H31NO3/c1-23(2)16-20(24)17-26-22-11-7-6-10-19(22)9-5-4-8-18-12-14-21(25-3)15-13-18/h6-7,10-15,20,24H,4-5,8-9,16-17H2,1-3H3. The van der Waals surface area contributed by atoms with Crippen LogP contribution in [-0.4, -0.2) is 50.5 Å². The summed E-state index contributed by atoms with van der Waals surface area (Å²) in [7, 11) is 5.58. The van der Waals surface area contributed by atoms with Crippen molar-refractivity contribution >= 4 is 0 Å². The van der Waals surface area contributed by atoms with Gasteiger partial charge in [0.25, 0.3) is 0 Å². The Morgan fingerprint density at radius 2 is 1.65 bits per heavy atom. The molecular weight excluding hydrogens is 326 g/mol. The largest absolute Gasteiger partial charge is 0.497 e. The van der Waals surface area contributed by atoms with Crippen LogP contribution in [0.3, 0.4) is 0 Å². The van der Waals surface area contributed by atoms with Crippen LogP contribution < -0.4 is 9.47 Å². The first kappa shape index (κ1) is 20.3. The molecule has 1 atom stereocenters. The van der Waals surface area contributed by atoms with Crippen molar-refractivity contribution in [2.45, 2.75) is 31.8 Å². The van der Waals surface area contributed by atoms with Gasteiger partial charge >= 0.3 is 0 Å². The molecular formula is C22H31NO3. The molecule has 0 saturated carbocycles. The van der Waals surface area contributed by atoms with Gasteiger partial charge in [0.2, 0.25) is 0 Å². The summed E-state index contributed by atoms with van der Waals surface area (Å²) in [6, 6.07) is 16.4. The average molecular weight is 357 g/mol. The Morgan fingerprint density at radius 1 is 0.962 bits per heavy atom. The minimum absolute atomic E-state index is 0.320. The lowest BCUT2D eigenvalue weighted by Crippen LogP contribution is -2.30. The van der Waals surface area contributed by atoms with Gasteiger partial charge in [-0.15, -0.1) is 0 Å². The molecule has 0 spiro atoms. The minimum Gasteiger partial charge on any atom is -0.497 e. The number of ether oxygens (including phenoxy) is 2. The summed E-state index contributed by atoms with van der Waals surface area (Å²) in [4.78, 5) is 1.96. The molecule has 0 bridgehead atoms. The molecule has 2 aromatic carbocycles. The highest BCUT2D eigenvalue weighted by Gasteiger charge is 2.09. The van der Waals surface area contributed by atoms with Gasteiger partial charge in [-0.05, 0) is 69.1 Å². The first-order valence-electron chi connectivity index (χ1n) is 9.25. The summed E-state index contributed by atoms with van der Waals surface area (Å²) in [5.74, 6) is 1.78. The molecule has 0 radical (unpaired) electrons. The van der Waals surface area contributed by atoms with Crippen LogP contribution in [0.2, 0.25) is 0 Å². The van der Waals surface area contributed by atoms with Gasteiger partial charge in [0.1, 0.15) is 24.2 Å². The van der Waals surface area contributed by atoms with E-state index in [1.54, 1.807) is 7.11 Å². The van der Waals surface area contributed by atoms with Gasteiger partial charge in [0.15, 0.2) is 0 Å². The van der Waals surface area contributed by atoms with E-state index in [2.05, 4.69) is 18.2 Å². The number of aliphatic hydroxyl groups is 1. The van der Waals surface area contributed by atoms with E-state index >= 15 is 0 Å². The minimum atomic E-state index is -0.479. The molecule has 0 aliphatic carbocycles. The molecule has 4 heteroatoms. The van der Waals surface area contributed by atoms with Crippen molar-refractivity contribution in [3.8, 4) is 11.5 Å². The molecule has 1 unspecified atom stereocenters. The molecule has 0 fully saturated rings. The summed E-state index contributed by atoms with van der Waals surface area (Å²) in [6.07, 6.45) is 3.80. The molecule has 0 heterocycles. The maximum Gasteiger partial charge on any atom is 0.122 e. The number of aryl methyl sites for hydroxylation is 2. The number of methoxy groups -OCH3 is 1. The maximum absolute atomic E-state index is 9.97. The lowest BCUT2D eigenvalue weighted by molar-refractivity contribution is 0.0827. The second-order valence-electron chi connectivity index (χ2n) is 6.89. The summed E-state index contributed by atoms with van der Waals surface area (Å²) in [5.41, 5.74) is 2.54. The van der Waals surface area contributed by atoms with E-state index < -0.39 is 6.10 Å². The highest BCUT2D eigenvalue weighted by atomic mass is 16.5. The van der Waals surface area contributed by atoms with E-state index in [1.165, 1.54) is 11.1 Å². The zero-order valence-electron chi connectivity index (χ0n) is 16.1. The topological polar surface area (TPSA) is 41.9 Å². The van der Waals surface area contributed by atoms with Gasteiger partial charge in [-0.2, -0.15) is 0 Å². The van der Waals surface area contributed by atoms with Crippen LogP contribution in [0.15, 0.2) is 48.5 Å². The van der Waals surface area contributed by atoms with Crippen LogP contribution in [0.5, 0.6) is 11.5 Å². The van der Waals surface area contributed by atoms with Crippen molar-refractivity contribution in [3.63, 3.8) is 0 Å². The molecule has 0 aliphatic rings. The second kappa shape index (κ2) is 10.8. The number of likely N-dealkylation sites (N-methyl/N-ethyl adjacent to an activating group) is 1. The smallest absolute Gasteiger partial charge is 0.122 e. The quantitative estimate of drug-likeness (QED) is 0.625. The Hall–Kier alpha value is -2.04. The summed E-state index contributed by atoms with van der Waals surface area (Å²) in [5, 5.41) is 9.97. The van der Waals surface area contributed by atoms with E-state index in [1.807, 2.05) is 49.3 Å². The predicted molar refractivity (Wildman–Crippen MR) is 106 cm³/mol. The lowest BCUT2D eigenvalue weighted by atomic mass is 10.0. The normalized spacial score (nSPS) is 12.2. The highest BCUT2D eigenvalue weighted by molar-refractivity contribution is 5.33. The van der Waals surface area contributed by atoms with Crippen LogP contribution in [0.1, 0.15) is 24.0 Å². The van der Waals surface area contributed by atoms with Crippen molar-refractivity contribution in [3.05, 3.63) is 59.7 Å². The van der Waals surface area contributed by atoms with Crippen LogP contribution in [-0.2, 0) is 12.8 Å². The zero-order valence-corrected chi connectivity index (χ0v) is 16.1. The highest BCUT2D eigenvalue weighted by Crippen LogP contribution is 2.21. The van der Waals surface area contributed by atoms with Crippen molar-refractivity contribution in [1.82, 2.24) is 4.90 Å². The van der Waals surface area contributed by atoms with E-state index in [-0.39, 0.29) is 0 Å². The first-order valence-corrected chi connectivity index (χ1v) is 9.25. The molecule has 2 rings (SSSR count). The van der Waals surface area contributed by atoms with Crippen molar-refractivity contribution in [1.29, 1.82) is 0 Å². The monoisotopic (exact) mass is 357 g/mol. The molecule has 4 nitrogen and oxygen atoms in total. The van der Waals surface area contributed by atoms with Gasteiger partial charge < -0.3 is 19.5 Å². The number of hydrogen-bond donors (Lipinski definition) is 1. The summed E-state index contributed by atoms with van der Waals surface area (Å²) >= 11 is 0. The Balaban J connectivity index is 1.78. The molecule has 0 amide bonds. The van der Waals surface area contributed by atoms with Gasteiger partial charge in [0.05, 0.1) is 7.11 Å². The SMILES string of the molecule is COc1ccc(CCCCc2ccccc2OCC(O)CN(C)C)cc1. The van der Waals surface area contributed by atoms with Crippen LogP contribution in [0, 0.1) is 0 Å². The van der Waals surface area contributed by atoms with Gasteiger partial charge in [-0.3, -0.25) is 0 Å². The van der Waals surface area contributed by atoms with Crippen LogP contribution >= 0.6 is 0 Å². The number of hydrogen-bond acceptors (Lipinski definition) is 4. The second-order valence-corrected chi connectivity index (χ2v) is 6.89. The maximum atomic E-state index is 9.97. The third-order valence-corrected chi connectivity index (χ3v) is 4.30. The molecule has 0 aliphatic heterocycles. The third-order valence-electron chi connectivity index (χ3n) is 4.30. The third kappa shape index (κ3) is 7.06. The van der Waals surface area contributed by atoms with Crippen molar-refractivity contribution < 1.29 is 14.6 Å². The Bertz CT molecular complexity index is 640. The number of nitrogens with zero attached hydrogens (tertiary/aromatic N) is 1. The van der Waals surface area contributed by atoms with Crippen molar-refractivity contribution in [2.24, 2.45) is 0 Å². The molecule has 2 aromatic rings. The van der Waals surface area contributed by atoms with E-state index in [4.69, 9.17) is 9.47 Å². The zero-order chi connectivity index (χ0) is 18.8. The van der Waals surface area contributed by atoms with Crippen LogP contribution in [0.4, 0.5) is 0 Å². The number of aliphatic hydroxyl groups excluding tert-OH is 1. The average Bonchev–Trinajstić information content (AvgIpc) is 2.64. The Kier molecular flexibility index (Phi) is 8.45. The van der Waals surface area contributed by atoms with Gasteiger partial charge in [0, 0.05) is 6.54 Å².